The third-order valence-electron chi connectivity index (χ3n) is 2.82. The first-order valence-electron chi connectivity index (χ1n) is 5.91. The Morgan fingerprint density at radius 2 is 2.18 bits per heavy atom. The summed E-state index contributed by atoms with van der Waals surface area (Å²) in [6.07, 6.45) is 3.87. The van der Waals surface area contributed by atoms with E-state index < -0.39 is 0 Å². The molecule has 0 aliphatic heterocycles. The number of hydrogen-bond donors (Lipinski definition) is 1. The molecule has 0 amide bonds. The molecule has 5 heteroatoms. The molecule has 5 nitrogen and oxygen atoms in total. The van der Waals surface area contributed by atoms with Crippen molar-refractivity contribution in [3.63, 3.8) is 0 Å². The maximum atomic E-state index is 4.33. The zero-order valence-corrected chi connectivity index (χ0v) is 10.6. The van der Waals surface area contributed by atoms with E-state index >= 15 is 0 Å². The van der Waals surface area contributed by atoms with Gasteiger partial charge in [0.1, 0.15) is 0 Å². The molecule has 0 radical (unpaired) electrons. The van der Waals surface area contributed by atoms with Crippen LogP contribution >= 0.6 is 0 Å². The van der Waals surface area contributed by atoms with Crippen LogP contribution < -0.4 is 5.32 Å². The van der Waals surface area contributed by atoms with Gasteiger partial charge in [-0.2, -0.15) is 10.2 Å². The van der Waals surface area contributed by atoms with Crippen LogP contribution in [0.1, 0.15) is 23.9 Å². The average molecular weight is 233 g/mol. The van der Waals surface area contributed by atoms with Crippen molar-refractivity contribution < 1.29 is 0 Å². The maximum Gasteiger partial charge on any atom is 0.0762 e. The van der Waals surface area contributed by atoms with Gasteiger partial charge in [-0.05, 0) is 25.5 Å². The minimum Gasteiger partial charge on any atom is -0.305 e. The fraction of sp³-hybridized carbons (Fsp3) is 0.500. The fourth-order valence-corrected chi connectivity index (χ4v) is 1.87. The Balaban J connectivity index is 1.91. The topological polar surface area (TPSA) is 47.7 Å². The smallest absolute Gasteiger partial charge is 0.0762 e. The number of aromatic nitrogens is 4. The highest BCUT2D eigenvalue weighted by Crippen LogP contribution is 2.06. The van der Waals surface area contributed by atoms with E-state index in [0.29, 0.717) is 0 Å². The van der Waals surface area contributed by atoms with Crippen LogP contribution in [0.4, 0.5) is 0 Å². The summed E-state index contributed by atoms with van der Waals surface area (Å²) in [6, 6.07) is 2.02. The Hall–Kier alpha value is -1.62. The van der Waals surface area contributed by atoms with Gasteiger partial charge in [-0.1, -0.05) is 0 Å². The monoisotopic (exact) mass is 233 g/mol. The lowest BCUT2D eigenvalue weighted by Crippen LogP contribution is -2.17. The van der Waals surface area contributed by atoms with Crippen molar-refractivity contribution in [3.05, 3.63) is 35.4 Å². The minimum atomic E-state index is 0.787. The standard InChI is InChI=1S/C12H19N5/c1-4-17-12(10(2)7-14-17)9-13-8-11-5-6-16(3)15-11/h5-7,13H,4,8-9H2,1-3H3. The van der Waals surface area contributed by atoms with E-state index in [1.807, 2.05) is 34.9 Å². The van der Waals surface area contributed by atoms with Gasteiger partial charge in [0.05, 0.1) is 17.6 Å². The summed E-state index contributed by atoms with van der Waals surface area (Å²) in [6.45, 7) is 6.73. The number of rotatable bonds is 5. The maximum absolute atomic E-state index is 4.33. The van der Waals surface area contributed by atoms with E-state index in [4.69, 9.17) is 0 Å². The zero-order valence-electron chi connectivity index (χ0n) is 10.6. The van der Waals surface area contributed by atoms with Gasteiger partial charge in [-0.15, -0.1) is 0 Å². The molecule has 0 aromatic carbocycles. The summed E-state index contributed by atoms with van der Waals surface area (Å²) in [4.78, 5) is 0. The lowest BCUT2D eigenvalue weighted by atomic mass is 10.2. The van der Waals surface area contributed by atoms with Crippen LogP contribution in [0.5, 0.6) is 0 Å². The summed E-state index contributed by atoms with van der Waals surface area (Å²) in [7, 11) is 1.93. The molecule has 2 aromatic rings. The molecule has 2 heterocycles. The molecule has 2 aromatic heterocycles. The molecule has 0 unspecified atom stereocenters. The third kappa shape index (κ3) is 2.74. The molecule has 2 rings (SSSR count). The predicted molar refractivity (Wildman–Crippen MR) is 66.4 cm³/mol. The van der Waals surface area contributed by atoms with Gasteiger partial charge < -0.3 is 5.32 Å². The molecule has 0 fully saturated rings. The molecule has 0 aliphatic rings. The van der Waals surface area contributed by atoms with Gasteiger partial charge in [-0.25, -0.2) is 0 Å². The van der Waals surface area contributed by atoms with Crippen molar-refractivity contribution in [2.75, 3.05) is 0 Å². The molecule has 0 bridgehead atoms. The normalized spacial score (nSPS) is 11.0. The quantitative estimate of drug-likeness (QED) is 0.845. The molecule has 0 spiro atoms. The van der Waals surface area contributed by atoms with Crippen molar-refractivity contribution in [2.24, 2.45) is 7.05 Å². The molecule has 0 aliphatic carbocycles. The van der Waals surface area contributed by atoms with Crippen LogP contribution in [0.3, 0.4) is 0 Å². The van der Waals surface area contributed by atoms with Crippen molar-refractivity contribution in [1.82, 2.24) is 24.9 Å². The predicted octanol–water partition coefficient (Wildman–Crippen LogP) is 1.23. The Morgan fingerprint density at radius 1 is 1.35 bits per heavy atom. The van der Waals surface area contributed by atoms with Gasteiger partial charge in [0.2, 0.25) is 0 Å². The van der Waals surface area contributed by atoms with Crippen LogP contribution in [-0.4, -0.2) is 19.6 Å². The summed E-state index contributed by atoms with van der Waals surface area (Å²) >= 11 is 0. The van der Waals surface area contributed by atoms with E-state index in [1.165, 1.54) is 11.3 Å². The molecule has 17 heavy (non-hydrogen) atoms. The molecule has 0 saturated heterocycles. The van der Waals surface area contributed by atoms with Crippen LogP contribution in [0.25, 0.3) is 0 Å². The van der Waals surface area contributed by atoms with Crippen molar-refractivity contribution >= 4 is 0 Å². The van der Waals surface area contributed by atoms with Crippen LogP contribution in [0.15, 0.2) is 18.5 Å². The second kappa shape index (κ2) is 5.14. The Morgan fingerprint density at radius 3 is 2.82 bits per heavy atom. The fourth-order valence-electron chi connectivity index (χ4n) is 1.87. The van der Waals surface area contributed by atoms with Gasteiger partial charge in [0, 0.05) is 32.9 Å². The average Bonchev–Trinajstić information content (AvgIpc) is 2.87. The van der Waals surface area contributed by atoms with Crippen molar-refractivity contribution in [2.45, 2.75) is 33.5 Å². The molecule has 0 saturated carbocycles. The molecule has 92 valence electrons. The Kier molecular flexibility index (Phi) is 3.58. The van der Waals surface area contributed by atoms with E-state index in [9.17, 15) is 0 Å². The molecular weight excluding hydrogens is 214 g/mol. The summed E-state index contributed by atoms with van der Waals surface area (Å²) in [5.41, 5.74) is 3.55. The Labute approximate surface area is 101 Å². The second-order valence-electron chi connectivity index (χ2n) is 4.17. The first-order valence-corrected chi connectivity index (χ1v) is 5.91. The summed E-state index contributed by atoms with van der Waals surface area (Å²) in [5.74, 6) is 0. The second-order valence-corrected chi connectivity index (χ2v) is 4.17. The number of nitrogens with one attached hydrogen (secondary N) is 1. The lowest BCUT2D eigenvalue weighted by molar-refractivity contribution is 0.573. The van der Waals surface area contributed by atoms with E-state index in [-0.39, 0.29) is 0 Å². The largest absolute Gasteiger partial charge is 0.305 e. The highest BCUT2D eigenvalue weighted by Gasteiger charge is 2.05. The highest BCUT2D eigenvalue weighted by atomic mass is 15.3. The minimum absolute atomic E-state index is 0.787. The SMILES string of the molecule is CCn1ncc(C)c1CNCc1ccn(C)n1. The summed E-state index contributed by atoms with van der Waals surface area (Å²) < 4.78 is 3.85. The van der Waals surface area contributed by atoms with Crippen LogP contribution in [0, 0.1) is 6.92 Å². The van der Waals surface area contributed by atoms with Crippen molar-refractivity contribution in [1.29, 1.82) is 0 Å². The van der Waals surface area contributed by atoms with E-state index in [2.05, 4.69) is 29.4 Å². The zero-order chi connectivity index (χ0) is 12.3. The first kappa shape index (κ1) is 11.9. The van der Waals surface area contributed by atoms with Gasteiger partial charge >= 0.3 is 0 Å². The van der Waals surface area contributed by atoms with Crippen LogP contribution in [0.2, 0.25) is 0 Å². The van der Waals surface area contributed by atoms with Crippen LogP contribution in [-0.2, 0) is 26.7 Å². The number of nitrogens with zero attached hydrogens (tertiary/aromatic N) is 4. The highest BCUT2D eigenvalue weighted by molar-refractivity contribution is 5.15. The Bertz CT molecular complexity index is 483. The molecule has 1 N–H and O–H groups in total. The van der Waals surface area contributed by atoms with E-state index in [0.717, 1.165) is 25.3 Å². The van der Waals surface area contributed by atoms with E-state index in [1.54, 1.807) is 0 Å². The van der Waals surface area contributed by atoms with Crippen molar-refractivity contribution in [3.8, 4) is 0 Å². The summed E-state index contributed by atoms with van der Waals surface area (Å²) in [5, 5.41) is 12.0. The number of hydrogen-bond acceptors (Lipinski definition) is 3. The number of aryl methyl sites for hydroxylation is 3. The van der Waals surface area contributed by atoms with Gasteiger partial charge in [0.25, 0.3) is 0 Å². The lowest BCUT2D eigenvalue weighted by Gasteiger charge is -2.07. The third-order valence-corrected chi connectivity index (χ3v) is 2.82. The first-order chi connectivity index (χ1) is 8.20. The molecule has 0 atom stereocenters. The molecular formula is C12H19N5. The van der Waals surface area contributed by atoms with Gasteiger partial charge in [0.15, 0.2) is 0 Å². The van der Waals surface area contributed by atoms with Gasteiger partial charge in [-0.3, -0.25) is 9.36 Å².